The van der Waals surface area contributed by atoms with Crippen molar-refractivity contribution >= 4 is 24.2 Å². The summed E-state index contributed by atoms with van der Waals surface area (Å²) in [7, 11) is 0. The molecular weight excluding hydrogens is 306 g/mol. The van der Waals surface area contributed by atoms with Crippen LogP contribution >= 0.6 is 12.4 Å². The topological polar surface area (TPSA) is 74.6 Å². The first-order valence-electron chi connectivity index (χ1n) is 7.57. The summed E-state index contributed by atoms with van der Waals surface area (Å²) in [5, 5.41) is 6.04. The van der Waals surface area contributed by atoms with Gasteiger partial charge in [-0.05, 0) is 37.9 Å². The molecule has 2 heterocycles. The number of carbonyl (C=O) groups is 2. The summed E-state index contributed by atoms with van der Waals surface area (Å²) in [5.41, 5.74) is 0. The number of furan rings is 1. The van der Waals surface area contributed by atoms with Crippen molar-refractivity contribution in [2.75, 3.05) is 26.2 Å². The molecule has 7 heteroatoms. The molecule has 1 saturated heterocycles. The monoisotopic (exact) mass is 329 g/mol. The number of piperidine rings is 1. The number of rotatable bonds is 6. The highest BCUT2D eigenvalue weighted by molar-refractivity contribution is 5.95. The van der Waals surface area contributed by atoms with Crippen LogP contribution in [0, 0.1) is 0 Å². The molecule has 1 unspecified atom stereocenters. The van der Waals surface area contributed by atoms with E-state index >= 15 is 0 Å². The molecular formula is C15H24ClN3O3. The lowest BCUT2D eigenvalue weighted by Crippen LogP contribution is -2.52. The van der Waals surface area contributed by atoms with E-state index in [4.69, 9.17) is 4.42 Å². The average Bonchev–Trinajstić information content (AvgIpc) is 3.05. The van der Waals surface area contributed by atoms with E-state index in [1.807, 2.05) is 6.92 Å². The van der Waals surface area contributed by atoms with Crippen LogP contribution in [0.4, 0.5) is 0 Å². The van der Waals surface area contributed by atoms with Crippen LogP contribution in [-0.2, 0) is 4.79 Å². The van der Waals surface area contributed by atoms with Gasteiger partial charge >= 0.3 is 0 Å². The second-order valence-corrected chi connectivity index (χ2v) is 5.13. The SMILES string of the molecule is CCNCCNC(=O)C1CCCCN1C(=O)c1ccco1.Cl. The first-order valence-corrected chi connectivity index (χ1v) is 7.57. The van der Waals surface area contributed by atoms with Gasteiger partial charge in [-0.25, -0.2) is 0 Å². The van der Waals surface area contributed by atoms with E-state index < -0.39 is 6.04 Å². The maximum absolute atomic E-state index is 12.4. The molecule has 0 aliphatic carbocycles. The van der Waals surface area contributed by atoms with Gasteiger partial charge in [0, 0.05) is 19.6 Å². The zero-order chi connectivity index (χ0) is 15.1. The molecule has 1 aliphatic rings. The Bertz CT molecular complexity index is 465. The van der Waals surface area contributed by atoms with Crippen LogP contribution in [0.3, 0.4) is 0 Å². The lowest BCUT2D eigenvalue weighted by Gasteiger charge is -2.34. The summed E-state index contributed by atoms with van der Waals surface area (Å²) in [5.74, 6) is 0.0152. The minimum atomic E-state index is -0.391. The van der Waals surface area contributed by atoms with Gasteiger partial charge in [0.15, 0.2) is 5.76 Å². The van der Waals surface area contributed by atoms with E-state index in [1.165, 1.54) is 6.26 Å². The summed E-state index contributed by atoms with van der Waals surface area (Å²) in [6, 6.07) is 2.93. The summed E-state index contributed by atoms with van der Waals surface area (Å²) < 4.78 is 5.16. The van der Waals surface area contributed by atoms with Crippen molar-refractivity contribution in [2.45, 2.75) is 32.2 Å². The fourth-order valence-corrected chi connectivity index (χ4v) is 2.56. The maximum Gasteiger partial charge on any atom is 0.290 e. The Balaban J connectivity index is 0.00000242. The van der Waals surface area contributed by atoms with Crippen molar-refractivity contribution in [1.29, 1.82) is 0 Å². The van der Waals surface area contributed by atoms with E-state index in [0.717, 1.165) is 25.9 Å². The largest absolute Gasteiger partial charge is 0.459 e. The average molecular weight is 330 g/mol. The Labute approximate surface area is 137 Å². The molecule has 2 N–H and O–H groups in total. The Morgan fingerprint density at radius 3 is 2.86 bits per heavy atom. The zero-order valence-electron chi connectivity index (χ0n) is 12.8. The van der Waals surface area contributed by atoms with Crippen molar-refractivity contribution in [3.8, 4) is 0 Å². The molecule has 1 aromatic rings. The third-order valence-electron chi connectivity index (χ3n) is 3.65. The van der Waals surface area contributed by atoms with Gasteiger partial charge in [-0.15, -0.1) is 12.4 Å². The first-order chi connectivity index (χ1) is 10.2. The third-order valence-corrected chi connectivity index (χ3v) is 3.65. The second-order valence-electron chi connectivity index (χ2n) is 5.13. The number of nitrogens with zero attached hydrogens (tertiary/aromatic N) is 1. The van der Waals surface area contributed by atoms with Gasteiger partial charge in [0.2, 0.25) is 5.91 Å². The van der Waals surface area contributed by atoms with E-state index in [9.17, 15) is 9.59 Å². The van der Waals surface area contributed by atoms with Gasteiger partial charge in [0.25, 0.3) is 5.91 Å². The van der Waals surface area contributed by atoms with Gasteiger partial charge < -0.3 is 20.0 Å². The smallest absolute Gasteiger partial charge is 0.290 e. The van der Waals surface area contributed by atoms with Gasteiger partial charge in [0.1, 0.15) is 6.04 Å². The van der Waals surface area contributed by atoms with E-state index in [0.29, 0.717) is 25.3 Å². The van der Waals surface area contributed by atoms with Crippen molar-refractivity contribution < 1.29 is 14.0 Å². The van der Waals surface area contributed by atoms with E-state index in [2.05, 4.69) is 10.6 Å². The van der Waals surface area contributed by atoms with Crippen LogP contribution in [0.25, 0.3) is 0 Å². The molecule has 0 spiro atoms. The normalized spacial score (nSPS) is 17.7. The number of hydrogen-bond acceptors (Lipinski definition) is 4. The van der Waals surface area contributed by atoms with Gasteiger partial charge in [-0.2, -0.15) is 0 Å². The Morgan fingerprint density at radius 1 is 1.36 bits per heavy atom. The molecule has 1 atom stereocenters. The predicted octanol–water partition coefficient (Wildman–Crippen LogP) is 1.42. The highest BCUT2D eigenvalue weighted by Crippen LogP contribution is 2.20. The lowest BCUT2D eigenvalue weighted by atomic mass is 10.0. The van der Waals surface area contributed by atoms with Crippen molar-refractivity contribution in [1.82, 2.24) is 15.5 Å². The molecule has 22 heavy (non-hydrogen) atoms. The molecule has 1 fully saturated rings. The van der Waals surface area contributed by atoms with Gasteiger partial charge in [-0.3, -0.25) is 9.59 Å². The van der Waals surface area contributed by atoms with Crippen LogP contribution in [0.5, 0.6) is 0 Å². The Kier molecular flexibility index (Phi) is 7.98. The summed E-state index contributed by atoms with van der Waals surface area (Å²) in [6.07, 6.45) is 4.07. The minimum absolute atomic E-state index is 0. The number of hydrogen-bond donors (Lipinski definition) is 2. The van der Waals surface area contributed by atoms with Gasteiger partial charge in [0.05, 0.1) is 6.26 Å². The van der Waals surface area contributed by atoms with Crippen LogP contribution in [0.2, 0.25) is 0 Å². The lowest BCUT2D eigenvalue weighted by molar-refractivity contribution is -0.126. The van der Waals surface area contributed by atoms with Crippen molar-refractivity contribution in [2.24, 2.45) is 0 Å². The fourth-order valence-electron chi connectivity index (χ4n) is 2.56. The number of nitrogens with one attached hydrogen (secondary N) is 2. The Morgan fingerprint density at radius 2 is 2.18 bits per heavy atom. The highest BCUT2D eigenvalue weighted by Gasteiger charge is 2.33. The molecule has 0 radical (unpaired) electrons. The van der Waals surface area contributed by atoms with Gasteiger partial charge in [-0.1, -0.05) is 6.92 Å². The molecule has 124 valence electrons. The predicted molar refractivity (Wildman–Crippen MR) is 86.2 cm³/mol. The van der Waals surface area contributed by atoms with Crippen LogP contribution < -0.4 is 10.6 Å². The maximum atomic E-state index is 12.4. The molecule has 0 bridgehead atoms. The molecule has 0 aromatic carbocycles. The van der Waals surface area contributed by atoms with Crippen molar-refractivity contribution in [3.05, 3.63) is 24.2 Å². The van der Waals surface area contributed by atoms with E-state index in [1.54, 1.807) is 17.0 Å². The van der Waals surface area contributed by atoms with E-state index in [-0.39, 0.29) is 24.2 Å². The molecule has 1 aliphatic heterocycles. The zero-order valence-corrected chi connectivity index (χ0v) is 13.7. The van der Waals surface area contributed by atoms with Crippen LogP contribution in [-0.4, -0.2) is 48.9 Å². The quantitative estimate of drug-likeness (QED) is 0.774. The second kappa shape index (κ2) is 9.48. The summed E-state index contributed by atoms with van der Waals surface area (Å²) in [4.78, 5) is 26.3. The standard InChI is InChI=1S/C15H23N3O3.ClH/c1-2-16-8-9-17-14(19)12-6-3-4-10-18(12)15(20)13-7-5-11-21-13;/h5,7,11-12,16H,2-4,6,8-10H2,1H3,(H,17,19);1H. The summed E-state index contributed by atoms with van der Waals surface area (Å²) >= 11 is 0. The highest BCUT2D eigenvalue weighted by atomic mass is 35.5. The first kappa shape index (κ1) is 18.5. The molecule has 1 aromatic heterocycles. The number of halogens is 1. The summed E-state index contributed by atoms with van der Waals surface area (Å²) in [6.45, 7) is 4.81. The van der Waals surface area contributed by atoms with Crippen LogP contribution in [0.1, 0.15) is 36.7 Å². The molecule has 6 nitrogen and oxygen atoms in total. The van der Waals surface area contributed by atoms with Crippen molar-refractivity contribution in [3.63, 3.8) is 0 Å². The molecule has 2 amide bonds. The number of likely N-dealkylation sites (N-methyl/N-ethyl adjacent to an activating group) is 1. The number of amides is 2. The number of carbonyl (C=O) groups excluding carboxylic acids is 2. The third kappa shape index (κ3) is 4.74. The number of likely N-dealkylation sites (tertiary alicyclic amines) is 1. The fraction of sp³-hybridized carbons (Fsp3) is 0.600. The molecule has 0 saturated carbocycles. The van der Waals surface area contributed by atoms with Crippen LogP contribution in [0.15, 0.2) is 22.8 Å². The molecule has 2 rings (SSSR count). The minimum Gasteiger partial charge on any atom is -0.459 e. The Hall–Kier alpha value is -1.53.